The fourth-order valence-corrected chi connectivity index (χ4v) is 3.66. The quantitative estimate of drug-likeness (QED) is 0.782. The van der Waals surface area contributed by atoms with Crippen LogP contribution in [0.4, 0.5) is 5.82 Å². The molecule has 0 unspecified atom stereocenters. The molecule has 1 aliphatic heterocycles. The van der Waals surface area contributed by atoms with Gasteiger partial charge in [0.1, 0.15) is 18.2 Å². The van der Waals surface area contributed by atoms with Crippen LogP contribution in [0.25, 0.3) is 11.0 Å². The van der Waals surface area contributed by atoms with Crippen LogP contribution < -0.4 is 5.32 Å². The van der Waals surface area contributed by atoms with Gasteiger partial charge in [0, 0.05) is 13.6 Å². The van der Waals surface area contributed by atoms with Gasteiger partial charge in [0.2, 0.25) is 5.91 Å². The van der Waals surface area contributed by atoms with Gasteiger partial charge in [0.25, 0.3) is 0 Å². The number of aromatic nitrogens is 4. The summed E-state index contributed by atoms with van der Waals surface area (Å²) in [5.41, 5.74) is 2.75. The highest BCUT2D eigenvalue weighted by Crippen LogP contribution is 2.31. The fourth-order valence-electron chi connectivity index (χ4n) is 3.66. The molecule has 26 heavy (non-hydrogen) atoms. The average Bonchev–Trinajstić information content (AvgIpc) is 3.27. The van der Waals surface area contributed by atoms with Crippen molar-refractivity contribution in [2.45, 2.75) is 32.4 Å². The van der Waals surface area contributed by atoms with Gasteiger partial charge in [0.15, 0.2) is 0 Å². The Kier molecular flexibility index (Phi) is 4.28. The van der Waals surface area contributed by atoms with E-state index in [9.17, 15) is 4.79 Å². The molecule has 1 saturated heterocycles. The van der Waals surface area contributed by atoms with E-state index in [0.717, 1.165) is 47.8 Å². The Hall–Kier alpha value is -2.96. The summed E-state index contributed by atoms with van der Waals surface area (Å²) in [4.78, 5) is 28.4. The van der Waals surface area contributed by atoms with E-state index in [-0.39, 0.29) is 11.9 Å². The molecule has 1 atom stereocenters. The molecule has 134 valence electrons. The van der Waals surface area contributed by atoms with Crippen molar-refractivity contribution in [1.82, 2.24) is 24.4 Å². The largest absolute Gasteiger partial charge is 0.372 e. The van der Waals surface area contributed by atoms with Crippen molar-refractivity contribution in [3.8, 4) is 0 Å². The Balaban J connectivity index is 1.59. The molecule has 3 aromatic rings. The van der Waals surface area contributed by atoms with Gasteiger partial charge in [-0.1, -0.05) is 12.1 Å². The average molecular weight is 350 g/mol. The van der Waals surface area contributed by atoms with Crippen molar-refractivity contribution < 1.29 is 4.79 Å². The smallest absolute Gasteiger partial charge is 0.243 e. The highest BCUT2D eigenvalue weighted by atomic mass is 16.2. The Bertz CT molecular complexity index is 950. The van der Waals surface area contributed by atoms with E-state index >= 15 is 0 Å². The summed E-state index contributed by atoms with van der Waals surface area (Å²) in [6.07, 6.45) is 5.34. The minimum Gasteiger partial charge on any atom is -0.372 e. The first-order chi connectivity index (χ1) is 12.7. The van der Waals surface area contributed by atoms with Crippen molar-refractivity contribution in [2.75, 3.05) is 18.9 Å². The first kappa shape index (κ1) is 16.5. The standard InChI is InChI=1S/C19H22N6O/c1-13-22-14-6-3-4-7-16(14)25(13)12-19(26)24-9-5-8-17(24)15-10-21-11-18(20-2)23-15/h3-4,6-7,10-11,17H,5,8-9,12H2,1-2H3,(H,20,23)/t17-/m1/s1. The van der Waals surface area contributed by atoms with Gasteiger partial charge < -0.3 is 14.8 Å². The summed E-state index contributed by atoms with van der Waals surface area (Å²) in [5.74, 6) is 1.67. The van der Waals surface area contributed by atoms with Crippen LogP contribution in [0, 0.1) is 6.92 Å². The number of likely N-dealkylation sites (tertiary alicyclic amines) is 1. The molecule has 1 N–H and O–H groups in total. The Morgan fingerprint density at radius 1 is 1.27 bits per heavy atom. The molecule has 0 saturated carbocycles. The third kappa shape index (κ3) is 2.89. The van der Waals surface area contributed by atoms with Gasteiger partial charge in [-0.15, -0.1) is 0 Å². The highest BCUT2D eigenvalue weighted by molar-refractivity contribution is 5.81. The first-order valence-electron chi connectivity index (χ1n) is 8.88. The van der Waals surface area contributed by atoms with Crippen LogP contribution in [-0.2, 0) is 11.3 Å². The lowest BCUT2D eigenvalue weighted by Gasteiger charge is -2.25. The summed E-state index contributed by atoms with van der Waals surface area (Å²) in [6.45, 7) is 2.99. The van der Waals surface area contributed by atoms with E-state index in [2.05, 4.69) is 20.3 Å². The van der Waals surface area contributed by atoms with E-state index in [4.69, 9.17) is 0 Å². The molecule has 0 aliphatic carbocycles. The number of aryl methyl sites for hydroxylation is 1. The van der Waals surface area contributed by atoms with E-state index in [0.29, 0.717) is 6.54 Å². The molecule has 7 heteroatoms. The Morgan fingerprint density at radius 3 is 2.96 bits per heavy atom. The predicted molar refractivity (Wildman–Crippen MR) is 99.7 cm³/mol. The van der Waals surface area contributed by atoms with Crippen LogP contribution in [0.15, 0.2) is 36.7 Å². The molecule has 4 rings (SSSR count). The molecule has 7 nitrogen and oxygen atoms in total. The number of fused-ring (bicyclic) bond motifs is 1. The molecule has 0 bridgehead atoms. The number of anilines is 1. The summed E-state index contributed by atoms with van der Waals surface area (Å²) in [5, 5.41) is 3.01. The summed E-state index contributed by atoms with van der Waals surface area (Å²) < 4.78 is 1.99. The van der Waals surface area contributed by atoms with Crippen molar-refractivity contribution in [1.29, 1.82) is 0 Å². The summed E-state index contributed by atoms with van der Waals surface area (Å²) in [6, 6.07) is 7.90. The third-order valence-electron chi connectivity index (χ3n) is 4.96. The molecule has 1 fully saturated rings. The van der Waals surface area contributed by atoms with Crippen molar-refractivity contribution in [3.63, 3.8) is 0 Å². The number of hydrogen-bond acceptors (Lipinski definition) is 5. The number of benzene rings is 1. The van der Waals surface area contributed by atoms with Crippen molar-refractivity contribution >= 4 is 22.8 Å². The van der Waals surface area contributed by atoms with Gasteiger partial charge >= 0.3 is 0 Å². The minimum atomic E-state index is -0.0154. The molecule has 0 radical (unpaired) electrons. The number of nitrogens with one attached hydrogen (secondary N) is 1. The lowest BCUT2D eigenvalue weighted by atomic mass is 10.1. The predicted octanol–water partition coefficient (Wildman–Crippen LogP) is 2.54. The fraction of sp³-hybridized carbons (Fsp3) is 0.368. The zero-order chi connectivity index (χ0) is 18.1. The maximum Gasteiger partial charge on any atom is 0.243 e. The zero-order valence-corrected chi connectivity index (χ0v) is 15.0. The molecular formula is C19H22N6O. The Morgan fingerprint density at radius 2 is 2.12 bits per heavy atom. The van der Waals surface area contributed by atoms with Gasteiger partial charge in [-0.05, 0) is 31.9 Å². The van der Waals surface area contributed by atoms with Crippen molar-refractivity contribution in [2.24, 2.45) is 0 Å². The molecule has 0 spiro atoms. The molecule has 1 aliphatic rings. The summed E-state index contributed by atoms with van der Waals surface area (Å²) in [7, 11) is 1.82. The normalized spacial score (nSPS) is 17.0. The van der Waals surface area contributed by atoms with E-state index < -0.39 is 0 Å². The van der Waals surface area contributed by atoms with Crippen LogP contribution in [0.1, 0.15) is 30.4 Å². The van der Waals surface area contributed by atoms with Crippen LogP contribution in [-0.4, -0.2) is 43.9 Å². The van der Waals surface area contributed by atoms with Crippen LogP contribution in [0.5, 0.6) is 0 Å². The number of para-hydroxylation sites is 2. The van der Waals surface area contributed by atoms with Crippen LogP contribution in [0.2, 0.25) is 0 Å². The molecule has 1 aromatic carbocycles. The SMILES string of the molecule is CNc1cncc([C@H]2CCCN2C(=O)Cn2c(C)nc3ccccc32)n1. The monoisotopic (exact) mass is 350 g/mol. The van der Waals surface area contributed by atoms with E-state index in [1.54, 1.807) is 12.4 Å². The second-order valence-electron chi connectivity index (χ2n) is 6.56. The number of carbonyl (C=O) groups is 1. The van der Waals surface area contributed by atoms with Crippen LogP contribution >= 0.6 is 0 Å². The third-order valence-corrected chi connectivity index (χ3v) is 4.96. The molecular weight excluding hydrogens is 328 g/mol. The maximum absolute atomic E-state index is 13.1. The number of hydrogen-bond donors (Lipinski definition) is 1. The number of rotatable bonds is 4. The molecule has 2 aromatic heterocycles. The second kappa shape index (κ2) is 6.74. The van der Waals surface area contributed by atoms with Gasteiger partial charge in [-0.25, -0.2) is 9.97 Å². The lowest BCUT2D eigenvalue weighted by Crippen LogP contribution is -2.34. The maximum atomic E-state index is 13.1. The highest BCUT2D eigenvalue weighted by Gasteiger charge is 2.31. The van der Waals surface area contributed by atoms with Gasteiger partial charge in [-0.2, -0.15) is 0 Å². The number of imidazole rings is 1. The molecule has 1 amide bonds. The second-order valence-corrected chi connectivity index (χ2v) is 6.56. The minimum absolute atomic E-state index is 0.0154. The number of nitrogens with zero attached hydrogens (tertiary/aromatic N) is 5. The zero-order valence-electron chi connectivity index (χ0n) is 15.0. The van der Waals surface area contributed by atoms with Gasteiger partial charge in [-0.3, -0.25) is 9.78 Å². The summed E-state index contributed by atoms with van der Waals surface area (Å²) >= 11 is 0. The van der Waals surface area contributed by atoms with Gasteiger partial charge in [0.05, 0.1) is 35.2 Å². The van der Waals surface area contributed by atoms with E-state index in [1.807, 2.05) is 47.7 Å². The lowest BCUT2D eigenvalue weighted by molar-refractivity contribution is -0.132. The van der Waals surface area contributed by atoms with Crippen LogP contribution in [0.3, 0.4) is 0 Å². The van der Waals surface area contributed by atoms with Crippen molar-refractivity contribution in [3.05, 3.63) is 48.2 Å². The topological polar surface area (TPSA) is 75.9 Å². The number of carbonyl (C=O) groups excluding carboxylic acids is 1. The van der Waals surface area contributed by atoms with E-state index in [1.165, 1.54) is 0 Å². The molecule has 3 heterocycles. The first-order valence-corrected chi connectivity index (χ1v) is 8.88. The number of amides is 1. The Labute approximate surface area is 152 Å².